The minimum atomic E-state index is -4.02. The molecule has 1 aliphatic heterocycles. The number of alkyl halides is 1. The monoisotopic (exact) mass is 624 g/mol. The van der Waals surface area contributed by atoms with Crippen molar-refractivity contribution in [2.45, 2.75) is 79.1 Å². The summed E-state index contributed by atoms with van der Waals surface area (Å²) < 4.78 is 69.7. The predicted octanol–water partition coefficient (Wildman–Crippen LogP) is -4.15. The van der Waals surface area contributed by atoms with Gasteiger partial charge in [-0.25, -0.2) is 8.42 Å². The van der Waals surface area contributed by atoms with E-state index in [9.17, 15) is 45.3 Å². The van der Waals surface area contributed by atoms with Gasteiger partial charge in [-0.3, -0.25) is 27.8 Å². The van der Waals surface area contributed by atoms with Crippen LogP contribution in [-0.4, -0.2) is 75.7 Å². The molecule has 0 aromatic rings. The van der Waals surface area contributed by atoms with Crippen molar-refractivity contribution >= 4 is 44.9 Å². The maximum atomic E-state index is 11.5. The van der Waals surface area contributed by atoms with Gasteiger partial charge in [0.1, 0.15) is 5.78 Å². The number of ether oxygens (including phenoxy) is 1. The van der Waals surface area contributed by atoms with Crippen LogP contribution in [0.2, 0.25) is 0 Å². The van der Waals surface area contributed by atoms with Crippen LogP contribution in [0.3, 0.4) is 0 Å². The van der Waals surface area contributed by atoms with Crippen LogP contribution >= 0.6 is 0 Å². The normalized spacial score (nSPS) is 14.9. The molecule has 1 unspecified atom stereocenters. The van der Waals surface area contributed by atoms with Crippen molar-refractivity contribution in [1.82, 2.24) is 0 Å². The third-order valence-electron chi connectivity index (χ3n) is 4.39. The largest absolute Gasteiger partial charge is 1.00 e. The van der Waals surface area contributed by atoms with Gasteiger partial charge in [-0.1, -0.05) is 38.8 Å². The van der Waals surface area contributed by atoms with Gasteiger partial charge in [0.2, 0.25) is 0 Å². The second kappa shape index (κ2) is 25.9. The van der Waals surface area contributed by atoms with Crippen LogP contribution in [0.5, 0.6) is 0 Å². The van der Waals surface area contributed by atoms with Gasteiger partial charge >= 0.3 is 77.0 Å². The number of ketones is 1. The third-order valence-corrected chi connectivity index (χ3v) is 5.80. The van der Waals surface area contributed by atoms with Gasteiger partial charge in [-0.15, -0.1) is 0 Å². The van der Waals surface area contributed by atoms with Crippen molar-refractivity contribution in [1.29, 1.82) is 0 Å². The van der Waals surface area contributed by atoms with Gasteiger partial charge in [0.25, 0.3) is 0 Å². The van der Waals surface area contributed by atoms with E-state index in [1.54, 1.807) is 13.8 Å². The van der Waals surface area contributed by atoms with E-state index in [2.05, 4.69) is 4.74 Å². The second-order valence-electron chi connectivity index (χ2n) is 9.68. The van der Waals surface area contributed by atoms with Gasteiger partial charge in [0.15, 0.2) is 0 Å². The van der Waals surface area contributed by atoms with E-state index in [1.807, 2.05) is 13.8 Å². The molecule has 12 nitrogen and oxygen atoms in total. The molecule has 0 aliphatic carbocycles. The number of rotatable bonds is 12. The Kier molecular flexibility index (Phi) is 30.6. The summed E-state index contributed by atoms with van der Waals surface area (Å²) in [5.74, 6) is -1.99. The van der Waals surface area contributed by atoms with Crippen molar-refractivity contribution in [2.75, 3.05) is 25.2 Å². The summed E-state index contributed by atoms with van der Waals surface area (Å²) in [6.07, 6.45) is 2.46. The predicted molar refractivity (Wildman–Crippen MR) is 133 cm³/mol. The number of halogens is 1. The molecule has 220 valence electrons. The fourth-order valence-corrected chi connectivity index (χ4v) is 3.90. The van der Waals surface area contributed by atoms with Crippen molar-refractivity contribution < 1.29 is 116 Å². The Morgan fingerprint density at radius 3 is 1.92 bits per heavy atom. The Morgan fingerprint density at radius 1 is 1.15 bits per heavy atom. The van der Waals surface area contributed by atoms with E-state index in [4.69, 9.17) is 12.2 Å². The second-order valence-corrected chi connectivity index (χ2v) is 12.2. The maximum absolute atomic E-state index is 11.5. The van der Waals surface area contributed by atoms with Gasteiger partial charge < -0.3 is 24.7 Å². The molecule has 0 radical (unpaired) electrons. The molecule has 1 aliphatic rings. The average Bonchev–Trinajstić information content (AvgIpc) is 2.67. The van der Waals surface area contributed by atoms with Crippen molar-refractivity contribution in [3.8, 4) is 0 Å². The Bertz CT molecular complexity index is 859. The molecule has 1 rings (SSSR count). The molecule has 0 saturated carbocycles. The van der Waals surface area contributed by atoms with E-state index in [-0.39, 0.29) is 108 Å². The fraction of sp³-hybridized carbons (Fsp3) is 0.818. The molecule has 0 spiro atoms. The first kappa shape index (κ1) is 46.2. The van der Waals surface area contributed by atoms with Gasteiger partial charge in [-0.05, 0) is 36.6 Å². The first-order valence-corrected chi connectivity index (χ1v) is 14.0. The van der Waals surface area contributed by atoms with Crippen LogP contribution in [0.25, 0.3) is 0 Å². The van der Waals surface area contributed by atoms with Crippen LogP contribution in [0.4, 0.5) is 4.39 Å². The summed E-state index contributed by atoms with van der Waals surface area (Å²) in [5, 5.41) is 8.66. The number of carbonyl (C=O) groups excluding carboxylic acids is 3. The number of unbranched alkanes of at least 4 members (excludes halogenated alkanes) is 1. The molecule has 17 heteroatoms. The van der Waals surface area contributed by atoms with Crippen LogP contribution < -0.4 is 64.8 Å². The molecule has 1 heterocycles. The Hall–Kier alpha value is 0.190. The SMILES string of the molecule is CC(C)(CC(=O)O)CC(=O)CCCCS(=O)[O-].CC1(C)CC(=O)OC(=O)C1.NCCCS(=O)(=O)[O-].[2H]CF.[Na+].[Na+]. The zero-order chi connectivity index (χ0) is 30.6. The van der Waals surface area contributed by atoms with E-state index < -0.39 is 51.7 Å². The van der Waals surface area contributed by atoms with Crippen LogP contribution in [0.1, 0.15) is 80.4 Å². The molecular formula is C22H40FNNa2O11S2. The van der Waals surface area contributed by atoms with Crippen molar-refractivity contribution in [2.24, 2.45) is 16.6 Å². The summed E-state index contributed by atoms with van der Waals surface area (Å²) in [5.41, 5.74) is 4.19. The molecule has 39 heavy (non-hydrogen) atoms. The maximum Gasteiger partial charge on any atom is 1.00 e. The molecule has 0 bridgehead atoms. The van der Waals surface area contributed by atoms with E-state index in [0.29, 0.717) is 32.1 Å². The van der Waals surface area contributed by atoms with Crippen LogP contribution in [0, 0.1) is 10.8 Å². The quantitative estimate of drug-likeness (QED) is 0.0528. The Labute approximate surface area is 279 Å². The molecular weight excluding hydrogens is 583 g/mol. The van der Waals surface area contributed by atoms with Gasteiger partial charge in [-0.2, -0.15) is 0 Å². The molecule has 0 amide bonds. The summed E-state index contributed by atoms with van der Waals surface area (Å²) in [6.45, 7) is 7.50. The fourth-order valence-electron chi connectivity index (χ4n) is 2.94. The van der Waals surface area contributed by atoms with E-state index >= 15 is 0 Å². The van der Waals surface area contributed by atoms with Crippen LogP contribution in [-0.2, 0) is 45.1 Å². The number of aliphatic carboxylic acids is 1. The number of hydrogen-bond donors (Lipinski definition) is 2. The first-order chi connectivity index (χ1) is 17.2. The molecule has 1 atom stereocenters. The van der Waals surface area contributed by atoms with E-state index in [1.165, 1.54) is 0 Å². The minimum absolute atomic E-state index is 0. The summed E-state index contributed by atoms with van der Waals surface area (Å²) in [4.78, 5) is 43.4. The van der Waals surface area contributed by atoms with Crippen molar-refractivity contribution in [3.05, 3.63) is 0 Å². The Morgan fingerprint density at radius 2 is 1.62 bits per heavy atom. The van der Waals surface area contributed by atoms with Gasteiger partial charge in [0, 0.05) is 24.3 Å². The molecule has 1 saturated heterocycles. The standard InChI is InChI=1S/C11H20O5S.C7H10O3.C3H9NO3S.CH3F.2Na/c1-11(2,8-10(13)14)7-9(12)5-3-4-6-17(15)16;1-7(2)3-5(8)10-6(9)4-7;4-2-1-3-8(5,6)7;1-2;;/h3-8H2,1-2H3,(H,13,14)(H,15,16);3-4H2,1-2H3;1-4H2,(H,5,6,7);1H3;;/q;;;;2*+1/p-2/i;;;1D;;. The molecule has 3 N–H and O–H groups in total. The number of nitrogens with two attached hydrogens (primary N) is 1. The number of esters is 2. The molecule has 0 aromatic heterocycles. The molecule has 1 fully saturated rings. The zero-order valence-electron chi connectivity index (χ0n) is 24.8. The first-order valence-electron chi connectivity index (χ1n) is 11.9. The Balaban J connectivity index is -0.000000152. The number of cyclic esters (lactones) is 2. The van der Waals surface area contributed by atoms with Crippen molar-refractivity contribution in [3.63, 3.8) is 0 Å². The number of Topliss-reactive ketones (excluding diaryl/α,β-unsaturated/α-hetero) is 1. The summed E-state index contributed by atoms with van der Waals surface area (Å²) in [6, 6.07) is 0. The zero-order valence-corrected chi connectivity index (χ0v) is 29.4. The smallest absolute Gasteiger partial charge is 0.772 e. The summed E-state index contributed by atoms with van der Waals surface area (Å²) in [7, 11) is -5.02. The third kappa shape index (κ3) is 38.2. The minimum Gasteiger partial charge on any atom is -0.772 e. The van der Waals surface area contributed by atoms with E-state index in [0.717, 1.165) is 0 Å². The van der Waals surface area contributed by atoms with Crippen LogP contribution in [0.15, 0.2) is 0 Å². The average molecular weight is 625 g/mol. The molecule has 0 aromatic carbocycles. The van der Waals surface area contributed by atoms with Gasteiger partial charge in [0.05, 0.1) is 37.9 Å². The number of hydrogen-bond acceptors (Lipinski definition) is 11. The summed E-state index contributed by atoms with van der Waals surface area (Å²) >= 11 is -2.05. The number of carbonyl (C=O) groups is 4. The number of carboxylic acids is 1. The topological polar surface area (TPSA) is 221 Å². The number of carboxylic acid groups (broad SMARTS) is 1.